The summed E-state index contributed by atoms with van der Waals surface area (Å²) in [6.45, 7) is 2.44. The Bertz CT molecular complexity index is 316. The summed E-state index contributed by atoms with van der Waals surface area (Å²) >= 11 is 3.41. The van der Waals surface area contributed by atoms with Gasteiger partial charge >= 0.3 is 0 Å². The Labute approximate surface area is 106 Å². The number of hydrogen-bond acceptors (Lipinski definition) is 1. The van der Waals surface area contributed by atoms with Crippen LogP contribution >= 0.6 is 15.9 Å². The fraction of sp³-hybridized carbons (Fsp3) is 0.429. The molecular weight excluding hydrogens is 264 g/mol. The maximum atomic E-state index is 9.15. The summed E-state index contributed by atoms with van der Waals surface area (Å²) < 4.78 is 1.10. The Morgan fingerprint density at radius 1 is 1.31 bits per heavy atom. The van der Waals surface area contributed by atoms with Gasteiger partial charge < -0.3 is 5.11 Å². The van der Waals surface area contributed by atoms with Gasteiger partial charge in [0.15, 0.2) is 0 Å². The standard InChI is InChI=1S/C14H19BrO/c1-2-4-13(11-16)6-3-5-12-7-9-14(15)10-8-12/h3,5,7-10,13,16H,2,4,6,11H2,1H3/b5-3+. The van der Waals surface area contributed by atoms with Crippen molar-refractivity contribution in [3.05, 3.63) is 40.4 Å². The van der Waals surface area contributed by atoms with Crippen molar-refractivity contribution in [3.8, 4) is 0 Å². The lowest BCUT2D eigenvalue weighted by Gasteiger charge is -2.09. The van der Waals surface area contributed by atoms with Crippen molar-refractivity contribution in [2.24, 2.45) is 5.92 Å². The van der Waals surface area contributed by atoms with Gasteiger partial charge in [0, 0.05) is 11.1 Å². The van der Waals surface area contributed by atoms with E-state index >= 15 is 0 Å². The third-order valence-corrected chi connectivity index (χ3v) is 3.13. The van der Waals surface area contributed by atoms with E-state index in [2.05, 4.69) is 47.1 Å². The Morgan fingerprint density at radius 3 is 2.56 bits per heavy atom. The molecule has 1 unspecified atom stereocenters. The van der Waals surface area contributed by atoms with Gasteiger partial charge in [-0.2, -0.15) is 0 Å². The number of aliphatic hydroxyl groups is 1. The van der Waals surface area contributed by atoms with Gasteiger partial charge in [-0.05, 0) is 36.5 Å². The average Bonchev–Trinajstić information content (AvgIpc) is 2.30. The third kappa shape index (κ3) is 4.95. The Kier molecular flexibility index (Phi) is 6.43. The summed E-state index contributed by atoms with van der Waals surface area (Å²) in [5.41, 5.74) is 1.20. The number of benzene rings is 1. The second-order valence-electron chi connectivity index (χ2n) is 4.03. The molecule has 0 amide bonds. The molecule has 1 N–H and O–H groups in total. The average molecular weight is 283 g/mol. The van der Waals surface area contributed by atoms with Crippen LogP contribution in [0.4, 0.5) is 0 Å². The van der Waals surface area contributed by atoms with E-state index in [9.17, 15) is 0 Å². The van der Waals surface area contributed by atoms with E-state index in [0.29, 0.717) is 12.5 Å². The molecule has 0 saturated heterocycles. The van der Waals surface area contributed by atoms with Crippen molar-refractivity contribution >= 4 is 22.0 Å². The highest BCUT2D eigenvalue weighted by molar-refractivity contribution is 9.10. The molecule has 1 rings (SSSR count). The molecular formula is C14H19BrO. The largest absolute Gasteiger partial charge is 0.396 e. The van der Waals surface area contributed by atoms with Crippen molar-refractivity contribution in [2.45, 2.75) is 26.2 Å². The predicted octanol–water partition coefficient (Wildman–Crippen LogP) is 4.26. The molecule has 0 fully saturated rings. The van der Waals surface area contributed by atoms with Crippen LogP contribution in [0.1, 0.15) is 31.7 Å². The molecule has 1 aromatic rings. The molecule has 2 heteroatoms. The van der Waals surface area contributed by atoms with Gasteiger partial charge in [0.1, 0.15) is 0 Å². The maximum absolute atomic E-state index is 9.15. The van der Waals surface area contributed by atoms with Crippen molar-refractivity contribution in [1.82, 2.24) is 0 Å². The first-order valence-electron chi connectivity index (χ1n) is 5.79. The second-order valence-corrected chi connectivity index (χ2v) is 4.94. The number of allylic oxidation sites excluding steroid dienone is 1. The van der Waals surface area contributed by atoms with E-state index in [1.165, 1.54) is 5.56 Å². The molecule has 16 heavy (non-hydrogen) atoms. The fourth-order valence-corrected chi connectivity index (χ4v) is 1.93. The van der Waals surface area contributed by atoms with E-state index < -0.39 is 0 Å². The minimum Gasteiger partial charge on any atom is -0.396 e. The first-order valence-corrected chi connectivity index (χ1v) is 6.58. The molecule has 1 aromatic carbocycles. The fourth-order valence-electron chi connectivity index (χ4n) is 1.66. The lowest BCUT2D eigenvalue weighted by atomic mass is 10.0. The van der Waals surface area contributed by atoms with Gasteiger partial charge in [-0.25, -0.2) is 0 Å². The molecule has 0 aliphatic carbocycles. The van der Waals surface area contributed by atoms with Crippen LogP contribution in [0.5, 0.6) is 0 Å². The molecule has 0 aliphatic heterocycles. The summed E-state index contributed by atoms with van der Waals surface area (Å²) in [4.78, 5) is 0. The smallest absolute Gasteiger partial charge is 0.0462 e. The van der Waals surface area contributed by atoms with Gasteiger partial charge in [-0.3, -0.25) is 0 Å². The number of hydrogen-bond donors (Lipinski definition) is 1. The van der Waals surface area contributed by atoms with E-state index in [-0.39, 0.29) is 0 Å². The molecule has 1 atom stereocenters. The Morgan fingerprint density at radius 2 is 2.00 bits per heavy atom. The highest BCUT2D eigenvalue weighted by Gasteiger charge is 2.02. The molecule has 0 saturated carbocycles. The van der Waals surface area contributed by atoms with Crippen LogP contribution in [0.2, 0.25) is 0 Å². The Hall–Kier alpha value is -0.600. The van der Waals surface area contributed by atoms with Crippen molar-refractivity contribution in [2.75, 3.05) is 6.61 Å². The maximum Gasteiger partial charge on any atom is 0.0462 e. The van der Waals surface area contributed by atoms with Crippen LogP contribution in [0.25, 0.3) is 6.08 Å². The summed E-state index contributed by atoms with van der Waals surface area (Å²) in [6.07, 6.45) is 7.46. The van der Waals surface area contributed by atoms with Crippen molar-refractivity contribution in [1.29, 1.82) is 0 Å². The summed E-state index contributed by atoms with van der Waals surface area (Å²) in [5, 5.41) is 9.15. The topological polar surface area (TPSA) is 20.2 Å². The van der Waals surface area contributed by atoms with E-state index in [1.807, 2.05) is 12.1 Å². The van der Waals surface area contributed by atoms with Gasteiger partial charge in [0.05, 0.1) is 0 Å². The van der Waals surface area contributed by atoms with Crippen LogP contribution < -0.4 is 0 Å². The van der Waals surface area contributed by atoms with Crippen molar-refractivity contribution < 1.29 is 5.11 Å². The van der Waals surface area contributed by atoms with Gasteiger partial charge in [-0.15, -0.1) is 0 Å². The predicted molar refractivity (Wildman–Crippen MR) is 73.3 cm³/mol. The number of aliphatic hydroxyl groups excluding tert-OH is 1. The number of halogens is 1. The molecule has 0 bridgehead atoms. The molecule has 0 radical (unpaired) electrons. The quantitative estimate of drug-likeness (QED) is 0.827. The minimum atomic E-state index is 0.290. The third-order valence-electron chi connectivity index (χ3n) is 2.60. The molecule has 0 aliphatic rings. The molecule has 0 spiro atoms. The van der Waals surface area contributed by atoms with Gasteiger partial charge in [-0.1, -0.05) is 53.6 Å². The zero-order valence-corrected chi connectivity index (χ0v) is 11.3. The highest BCUT2D eigenvalue weighted by atomic mass is 79.9. The zero-order chi connectivity index (χ0) is 11.8. The summed E-state index contributed by atoms with van der Waals surface area (Å²) in [5.74, 6) is 0.414. The summed E-state index contributed by atoms with van der Waals surface area (Å²) in [6, 6.07) is 8.23. The van der Waals surface area contributed by atoms with E-state index in [1.54, 1.807) is 0 Å². The second kappa shape index (κ2) is 7.64. The van der Waals surface area contributed by atoms with Crippen LogP contribution in [-0.4, -0.2) is 11.7 Å². The van der Waals surface area contributed by atoms with E-state index in [0.717, 1.165) is 23.7 Å². The normalized spacial score (nSPS) is 13.2. The number of rotatable bonds is 6. The minimum absolute atomic E-state index is 0.290. The lowest BCUT2D eigenvalue weighted by molar-refractivity contribution is 0.219. The summed E-state index contributed by atoms with van der Waals surface area (Å²) in [7, 11) is 0. The van der Waals surface area contributed by atoms with Crippen LogP contribution in [0.15, 0.2) is 34.8 Å². The molecule has 0 heterocycles. The van der Waals surface area contributed by atoms with Gasteiger partial charge in [0.2, 0.25) is 0 Å². The van der Waals surface area contributed by atoms with Crippen LogP contribution in [0, 0.1) is 5.92 Å². The lowest BCUT2D eigenvalue weighted by Crippen LogP contribution is -2.03. The zero-order valence-electron chi connectivity index (χ0n) is 9.70. The molecule has 1 nitrogen and oxygen atoms in total. The van der Waals surface area contributed by atoms with Crippen LogP contribution in [-0.2, 0) is 0 Å². The first-order chi connectivity index (χ1) is 7.76. The van der Waals surface area contributed by atoms with E-state index in [4.69, 9.17) is 5.11 Å². The molecule has 88 valence electrons. The monoisotopic (exact) mass is 282 g/mol. The van der Waals surface area contributed by atoms with Crippen molar-refractivity contribution in [3.63, 3.8) is 0 Å². The first kappa shape index (κ1) is 13.5. The Balaban J connectivity index is 2.44. The molecule has 0 aromatic heterocycles. The van der Waals surface area contributed by atoms with Gasteiger partial charge in [0.25, 0.3) is 0 Å². The highest BCUT2D eigenvalue weighted by Crippen LogP contribution is 2.14. The SMILES string of the molecule is CCCC(CO)C/C=C/c1ccc(Br)cc1. The van der Waals surface area contributed by atoms with Crippen LogP contribution in [0.3, 0.4) is 0 Å².